The van der Waals surface area contributed by atoms with Crippen LogP contribution >= 0.6 is 11.6 Å². The summed E-state index contributed by atoms with van der Waals surface area (Å²) in [7, 11) is 0. The van der Waals surface area contributed by atoms with E-state index in [2.05, 4.69) is 5.32 Å². The van der Waals surface area contributed by atoms with Crippen molar-refractivity contribution in [1.29, 1.82) is 0 Å². The van der Waals surface area contributed by atoms with Crippen LogP contribution in [0.5, 0.6) is 0 Å². The average molecular weight is 299 g/mol. The van der Waals surface area contributed by atoms with Crippen LogP contribution in [0.25, 0.3) is 0 Å². The third-order valence-corrected chi connectivity index (χ3v) is 3.71. The Balaban J connectivity index is 2.09. The maximum atomic E-state index is 12.0. The summed E-state index contributed by atoms with van der Waals surface area (Å²) in [6.07, 6.45) is 2.53. The molecule has 0 saturated heterocycles. The molecule has 0 heterocycles. The fourth-order valence-electron chi connectivity index (χ4n) is 2.36. The number of aliphatic hydroxyl groups is 1. The molecular weight excluding hydrogens is 284 g/mol. The third-order valence-electron chi connectivity index (χ3n) is 3.39. The molecule has 2 unspecified atom stereocenters. The van der Waals surface area contributed by atoms with Gasteiger partial charge in [-0.05, 0) is 37.8 Å². The maximum Gasteiger partial charge on any atom is 0.288 e. The second kappa shape index (κ2) is 6.19. The second-order valence-corrected chi connectivity index (χ2v) is 5.32. The molecule has 1 aliphatic carbocycles. The van der Waals surface area contributed by atoms with Gasteiger partial charge in [0.25, 0.3) is 11.6 Å². The lowest BCUT2D eigenvalue weighted by Crippen LogP contribution is -2.39. The van der Waals surface area contributed by atoms with Crippen LogP contribution in [-0.2, 0) is 0 Å². The lowest BCUT2D eigenvalue weighted by Gasteiger charge is -2.26. The predicted octanol–water partition coefficient (Wildman–Crippen LogP) is 2.28. The summed E-state index contributed by atoms with van der Waals surface area (Å²) in [6, 6.07) is 3.85. The second-order valence-electron chi connectivity index (χ2n) is 4.91. The molecule has 1 aliphatic rings. The first-order valence-corrected chi connectivity index (χ1v) is 6.78. The Morgan fingerprint density at radius 1 is 1.45 bits per heavy atom. The van der Waals surface area contributed by atoms with Gasteiger partial charge < -0.3 is 10.4 Å². The van der Waals surface area contributed by atoms with Crippen LogP contribution in [0.2, 0.25) is 5.02 Å². The third kappa shape index (κ3) is 3.46. The highest BCUT2D eigenvalue weighted by atomic mass is 35.5. The number of hydrogen-bond donors (Lipinski definition) is 2. The number of amides is 1. The van der Waals surface area contributed by atoms with Gasteiger partial charge >= 0.3 is 0 Å². The van der Waals surface area contributed by atoms with E-state index in [9.17, 15) is 20.0 Å². The van der Waals surface area contributed by atoms with Gasteiger partial charge in [-0.1, -0.05) is 11.6 Å². The molecule has 0 aromatic heterocycles. The number of nitro benzene ring substituents is 1. The topological polar surface area (TPSA) is 92.5 Å². The van der Waals surface area contributed by atoms with Crippen LogP contribution in [0.3, 0.4) is 0 Å². The van der Waals surface area contributed by atoms with E-state index in [1.54, 1.807) is 0 Å². The van der Waals surface area contributed by atoms with E-state index in [0.29, 0.717) is 6.42 Å². The molecule has 1 aromatic rings. The zero-order valence-corrected chi connectivity index (χ0v) is 11.5. The fourth-order valence-corrected chi connectivity index (χ4v) is 2.54. The van der Waals surface area contributed by atoms with Gasteiger partial charge in [0.1, 0.15) is 5.02 Å². The van der Waals surface area contributed by atoms with Crippen LogP contribution in [0, 0.1) is 10.1 Å². The number of benzene rings is 1. The molecule has 2 N–H and O–H groups in total. The molecule has 108 valence electrons. The number of rotatable bonds is 3. The van der Waals surface area contributed by atoms with Crippen LogP contribution in [0.4, 0.5) is 5.69 Å². The SMILES string of the molecule is O=C(NC1CCCC(O)C1)c1ccc(Cl)c([N+](=O)[O-])c1. The first-order valence-electron chi connectivity index (χ1n) is 6.40. The molecule has 20 heavy (non-hydrogen) atoms. The van der Waals surface area contributed by atoms with Gasteiger partial charge in [0.05, 0.1) is 11.0 Å². The Hall–Kier alpha value is -1.66. The largest absolute Gasteiger partial charge is 0.393 e. The summed E-state index contributed by atoms with van der Waals surface area (Å²) >= 11 is 5.70. The smallest absolute Gasteiger partial charge is 0.288 e. The monoisotopic (exact) mass is 298 g/mol. The summed E-state index contributed by atoms with van der Waals surface area (Å²) in [5.41, 5.74) is -0.0934. The highest BCUT2D eigenvalue weighted by Crippen LogP contribution is 2.25. The Bertz CT molecular complexity index is 535. The highest BCUT2D eigenvalue weighted by molar-refractivity contribution is 6.32. The van der Waals surface area contributed by atoms with Crippen LogP contribution in [0.1, 0.15) is 36.0 Å². The van der Waals surface area contributed by atoms with Crippen LogP contribution < -0.4 is 5.32 Å². The number of nitrogens with one attached hydrogen (secondary N) is 1. The van der Waals surface area contributed by atoms with E-state index >= 15 is 0 Å². The number of aliphatic hydroxyl groups excluding tert-OH is 1. The number of hydrogen-bond acceptors (Lipinski definition) is 4. The number of carbonyl (C=O) groups is 1. The maximum absolute atomic E-state index is 12.0. The van der Waals surface area contributed by atoms with Crippen molar-refractivity contribution in [3.63, 3.8) is 0 Å². The summed E-state index contributed by atoms with van der Waals surface area (Å²) in [5, 5.41) is 23.1. The van der Waals surface area contributed by atoms with Gasteiger partial charge in [-0.2, -0.15) is 0 Å². The molecule has 0 spiro atoms. The first-order chi connectivity index (χ1) is 9.47. The van der Waals surface area contributed by atoms with Crippen molar-refractivity contribution < 1.29 is 14.8 Å². The fraction of sp³-hybridized carbons (Fsp3) is 0.462. The van der Waals surface area contributed by atoms with Gasteiger partial charge in [0.2, 0.25) is 0 Å². The van der Waals surface area contributed by atoms with Crippen molar-refractivity contribution in [2.24, 2.45) is 0 Å². The molecule has 1 amide bonds. The van der Waals surface area contributed by atoms with Crippen molar-refractivity contribution in [1.82, 2.24) is 5.32 Å². The molecule has 7 heteroatoms. The number of halogens is 1. The Morgan fingerprint density at radius 3 is 2.85 bits per heavy atom. The molecule has 0 aliphatic heterocycles. The lowest BCUT2D eigenvalue weighted by atomic mass is 9.93. The molecule has 2 rings (SSSR count). The quantitative estimate of drug-likeness (QED) is 0.661. The van der Waals surface area contributed by atoms with Crippen molar-refractivity contribution in [2.45, 2.75) is 37.8 Å². The van der Waals surface area contributed by atoms with E-state index in [1.165, 1.54) is 12.1 Å². The normalized spacial score (nSPS) is 22.3. The zero-order chi connectivity index (χ0) is 14.7. The minimum absolute atomic E-state index is 0.000335. The van der Waals surface area contributed by atoms with Gasteiger partial charge in [-0.25, -0.2) is 0 Å². The van der Waals surface area contributed by atoms with Crippen molar-refractivity contribution >= 4 is 23.2 Å². The minimum atomic E-state index is -0.622. The Kier molecular flexibility index (Phi) is 4.57. The van der Waals surface area contributed by atoms with Crippen LogP contribution in [-0.4, -0.2) is 28.1 Å². The molecule has 6 nitrogen and oxygen atoms in total. The Morgan fingerprint density at radius 2 is 2.20 bits per heavy atom. The van der Waals surface area contributed by atoms with Gasteiger partial charge in [0, 0.05) is 17.7 Å². The van der Waals surface area contributed by atoms with Crippen molar-refractivity contribution in [3.8, 4) is 0 Å². The standard InChI is InChI=1S/C13H15ClN2O4/c14-11-5-4-8(6-12(11)16(19)20)13(18)15-9-2-1-3-10(17)7-9/h4-6,9-10,17H,1-3,7H2,(H,15,18). The number of nitrogens with zero attached hydrogens (tertiary/aromatic N) is 1. The van der Waals surface area contributed by atoms with E-state index in [-0.39, 0.29) is 28.2 Å². The van der Waals surface area contributed by atoms with Crippen molar-refractivity contribution in [2.75, 3.05) is 0 Å². The summed E-state index contributed by atoms with van der Waals surface area (Å²) in [5.74, 6) is -0.385. The predicted molar refractivity (Wildman–Crippen MR) is 73.8 cm³/mol. The average Bonchev–Trinajstić information content (AvgIpc) is 2.38. The van der Waals surface area contributed by atoms with E-state index < -0.39 is 11.0 Å². The highest BCUT2D eigenvalue weighted by Gasteiger charge is 2.23. The van der Waals surface area contributed by atoms with Gasteiger partial charge in [-0.15, -0.1) is 0 Å². The van der Waals surface area contributed by atoms with Crippen LogP contribution in [0.15, 0.2) is 18.2 Å². The zero-order valence-electron chi connectivity index (χ0n) is 10.7. The Labute approximate surface area is 120 Å². The minimum Gasteiger partial charge on any atom is -0.393 e. The van der Waals surface area contributed by atoms with Crippen molar-refractivity contribution in [3.05, 3.63) is 38.9 Å². The molecular formula is C13H15ClN2O4. The number of nitro groups is 1. The number of carbonyl (C=O) groups excluding carboxylic acids is 1. The molecule has 0 radical (unpaired) electrons. The molecule has 1 saturated carbocycles. The lowest BCUT2D eigenvalue weighted by molar-refractivity contribution is -0.384. The molecule has 1 aromatic carbocycles. The molecule has 1 fully saturated rings. The first kappa shape index (κ1) is 14.7. The summed E-state index contributed by atoms with van der Waals surface area (Å²) in [4.78, 5) is 22.2. The summed E-state index contributed by atoms with van der Waals surface area (Å²) in [6.45, 7) is 0. The van der Waals surface area contributed by atoms with E-state index in [0.717, 1.165) is 25.3 Å². The van der Waals surface area contributed by atoms with E-state index in [1.807, 2.05) is 0 Å². The van der Waals surface area contributed by atoms with Gasteiger partial charge in [-0.3, -0.25) is 14.9 Å². The molecule has 2 atom stereocenters. The van der Waals surface area contributed by atoms with Gasteiger partial charge in [0.15, 0.2) is 0 Å². The summed E-state index contributed by atoms with van der Waals surface area (Å²) < 4.78 is 0. The van der Waals surface area contributed by atoms with E-state index in [4.69, 9.17) is 11.6 Å². The molecule has 0 bridgehead atoms.